The second-order valence-corrected chi connectivity index (χ2v) is 6.80. The summed E-state index contributed by atoms with van der Waals surface area (Å²) in [5.41, 5.74) is 10.6. The number of imidazole rings is 1. The second-order valence-electron chi connectivity index (χ2n) is 6.80. The van der Waals surface area contributed by atoms with E-state index in [-0.39, 0.29) is 30.7 Å². The van der Waals surface area contributed by atoms with E-state index >= 15 is 0 Å². The van der Waals surface area contributed by atoms with E-state index in [0.29, 0.717) is 13.0 Å². The number of hydrogen-bond donors (Lipinski definition) is 2. The van der Waals surface area contributed by atoms with Crippen LogP contribution in [-0.2, 0) is 24.2 Å². The first-order valence-electron chi connectivity index (χ1n) is 9.24. The quantitative estimate of drug-likeness (QED) is 0.570. The Morgan fingerprint density at radius 3 is 2.52 bits per heavy atom. The van der Waals surface area contributed by atoms with Crippen LogP contribution in [0.15, 0.2) is 67.1 Å². The molecule has 0 saturated carbocycles. The first-order valence-corrected chi connectivity index (χ1v) is 9.24. The van der Waals surface area contributed by atoms with E-state index in [1.165, 1.54) is 16.7 Å². The number of rotatable bonds is 8. The zero-order valence-corrected chi connectivity index (χ0v) is 18.1. The number of carbonyl (C=O) groups is 1. The van der Waals surface area contributed by atoms with Crippen LogP contribution >= 0.6 is 24.8 Å². The van der Waals surface area contributed by atoms with Gasteiger partial charge in [-0.15, -0.1) is 24.8 Å². The van der Waals surface area contributed by atoms with Crippen LogP contribution in [0.25, 0.3) is 0 Å². The number of benzene rings is 2. The Morgan fingerprint density at radius 2 is 1.79 bits per heavy atom. The molecule has 1 heterocycles. The summed E-state index contributed by atoms with van der Waals surface area (Å²) < 4.78 is 2.01. The standard InChI is InChI=1S/C22H26N4O.2ClH/c1-17-7-5-6-10-19(17)11-12-24-22(27)21(23)13-20-15-26(16-25-20)14-18-8-3-2-4-9-18;;/h2-10,15-16,21H,11-14,23H2,1H3,(H,24,27);2*1H/t21-;;/m0../s1. The molecule has 7 heteroatoms. The van der Waals surface area contributed by atoms with E-state index < -0.39 is 6.04 Å². The van der Waals surface area contributed by atoms with Crippen molar-refractivity contribution < 1.29 is 4.79 Å². The molecule has 156 valence electrons. The van der Waals surface area contributed by atoms with Gasteiger partial charge in [-0.05, 0) is 30.0 Å². The molecule has 3 rings (SSSR count). The Balaban J connectivity index is 0.00000210. The third kappa shape index (κ3) is 7.54. The van der Waals surface area contributed by atoms with Gasteiger partial charge in [-0.3, -0.25) is 4.79 Å². The van der Waals surface area contributed by atoms with Gasteiger partial charge in [0.2, 0.25) is 5.91 Å². The van der Waals surface area contributed by atoms with Crippen LogP contribution in [0.3, 0.4) is 0 Å². The maximum absolute atomic E-state index is 12.2. The van der Waals surface area contributed by atoms with Crippen molar-refractivity contribution in [2.75, 3.05) is 6.54 Å². The molecule has 5 nitrogen and oxygen atoms in total. The Bertz CT molecular complexity index is 883. The highest BCUT2D eigenvalue weighted by atomic mass is 35.5. The molecule has 0 unspecified atom stereocenters. The first kappa shape index (κ1) is 24.7. The summed E-state index contributed by atoms with van der Waals surface area (Å²) >= 11 is 0. The SMILES string of the molecule is Cc1ccccc1CCNC(=O)[C@@H](N)Cc1cn(Cc2ccccc2)cn1.Cl.Cl. The van der Waals surface area contributed by atoms with Crippen molar-refractivity contribution in [3.8, 4) is 0 Å². The van der Waals surface area contributed by atoms with Gasteiger partial charge in [-0.25, -0.2) is 4.98 Å². The van der Waals surface area contributed by atoms with E-state index in [9.17, 15) is 4.79 Å². The molecule has 2 aromatic carbocycles. The number of aryl methyl sites for hydroxylation is 1. The molecule has 0 bridgehead atoms. The van der Waals surface area contributed by atoms with Crippen LogP contribution in [0, 0.1) is 6.92 Å². The van der Waals surface area contributed by atoms with Crippen LogP contribution in [0.5, 0.6) is 0 Å². The van der Waals surface area contributed by atoms with Gasteiger partial charge in [0.1, 0.15) is 0 Å². The number of nitrogens with two attached hydrogens (primary N) is 1. The van der Waals surface area contributed by atoms with Crippen molar-refractivity contribution in [1.82, 2.24) is 14.9 Å². The molecule has 1 amide bonds. The molecule has 0 aliphatic carbocycles. The number of amides is 1. The fourth-order valence-electron chi connectivity index (χ4n) is 3.05. The Kier molecular flexibility index (Phi) is 10.5. The van der Waals surface area contributed by atoms with E-state index in [4.69, 9.17) is 5.73 Å². The number of nitrogens with zero attached hydrogens (tertiary/aromatic N) is 2. The van der Waals surface area contributed by atoms with Gasteiger partial charge < -0.3 is 15.6 Å². The van der Waals surface area contributed by atoms with Gasteiger partial charge in [0.15, 0.2) is 0 Å². The third-order valence-corrected chi connectivity index (χ3v) is 4.62. The van der Waals surface area contributed by atoms with Crippen LogP contribution in [0.4, 0.5) is 0 Å². The van der Waals surface area contributed by atoms with Gasteiger partial charge in [0, 0.05) is 25.7 Å². The van der Waals surface area contributed by atoms with Gasteiger partial charge in [0.05, 0.1) is 18.1 Å². The second kappa shape index (κ2) is 12.3. The molecule has 0 spiro atoms. The highest BCUT2D eigenvalue weighted by Crippen LogP contribution is 2.07. The summed E-state index contributed by atoms with van der Waals surface area (Å²) in [6.07, 6.45) is 4.97. The topological polar surface area (TPSA) is 72.9 Å². The lowest BCUT2D eigenvalue weighted by Gasteiger charge is -2.12. The summed E-state index contributed by atoms with van der Waals surface area (Å²) in [6.45, 7) is 3.42. The number of aromatic nitrogens is 2. The molecule has 0 fully saturated rings. The predicted molar refractivity (Wildman–Crippen MR) is 122 cm³/mol. The smallest absolute Gasteiger partial charge is 0.237 e. The molecule has 1 aromatic heterocycles. The van der Waals surface area contributed by atoms with E-state index in [0.717, 1.165) is 18.7 Å². The monoisotopic (exact) mass is 434 g/mol. The number of carbonyl (C=O) groups excluding carboxylic acids is 1. The Morgan fingerprint density at radius 1 is 1.10 bits per heavy atom. The van der Waals surface area contributed by atoms with E-state index in [1.807, 2.05) is 41.1 Å². The van der Waals surface area contributed by atoms with Crippen molar-refractivity contribution in [3.63, 3.8) is 0 Å². The molecule has 0 aliphatic heterocycles. The maximum atomic E-state index is 12.2. The highest BCUT2D eigenvalue weighted by molar-refractivity contribution is 5.85. The molecule has 29 heavy (non-hydrogen) atoms. The summed E-state index contributed by atoms with van der Waals surface area (Å²) in [7, 11) is 0. The normalized spacial score (nSPS) is 11.1. The van der Waals surface area contributed by atoms with E-state index in [2.05, 4.69) is 41.5 Å². The fraction of sp³-hybridized carbons (Fsp3) is 0.273. The average Bonchev–Trinajstić information content (AvgIpc) is 3.10. The molecule has 0 radical (unpaired) electrons. The van der Waals surface area contributed by atoms with Gasteiger partial charge in [-0.1, -0.05) is 54.6 Å². The van der Waals surface area contributed by atoms with Crippen molar-refractivity contribution in [2.45, 2.75) is 32.4 Å². The summed E-state index contributed by atoms with van der Waals surface area (Å²) in [6, 6.07) is 17.8. The molecule has 0 aliphatic rings. The minimum Gasteiger partial charge on any atom is -0.354 e. The first-order chi connectivity index (χ1) is 13.1. The van der Waals surface area contributed by atoms with E-state index in [1.54, 1.807) is 6.33 Å². The average molecular weight is 435 g/mol. The lowest BCUT2D eigenvalue weighted by atomic mass is 10.1. The summed E-state index contributed by atoms with van der Waals surface area (Å²) in [4.78, 5) is 16.6. The van der Waals surface area contributed by atoms with Crippen LogP contribution in [0.2, 0.25) is 0 Å². The third-order valence-electron chi connectivity index (χ3n) is 4.62. The zero-order valence-electron chi connectivity index (χ0n) is 16.5. The molecular weight excluding hydrogens is 407 g/mol. The Hall–Kier alpha value is -2.34. The lowest BCUT2D eigenvalue weighted by Crippen LogP contribution is -2.42. The van der Waals surface area contributed by atoms with Gasteiger partial charge in [-0.2, -0.15) is 0 Å². The number of hydrogen-bond acceptors (Lipinski definition) is 3. The summed E-state index contributed by atoms with van der Waals surface area (Å²) in [5.74, 6) is -0.138. The highest BCUT2D eigenvalue weighted by Gasteiger charge is 2.15. The Labute approximate surface area is 184 Å². The lowest BCUT2D eigenvalue weighted by molar-refractivity contribution is -0.122. The van der Waals surface area contributed by atoms with Crippen LogP contribution in [-0.4, -0.2) is 28.0 Å². The fourth-order valence-corrected chi connectivity index (χ4v) is 3.05. The molecular formula is C22H28Cl2N4O. The van der Waals surface area contributed by atoms with Crippen molar-refractivity contribution in [2.24, 2.45) is 5.73 Å². The molecule has 3 N–H and O–H groups in total. The molecule has 1 atom stereocenters. The largest absolute Gasteiger partial charge is 0.354 e. The van der Waals surface area contributed by atoms with Gasteiger partial charge in [0.25, 0.3) is 0 Å². The minimum absolute atomic E-state index is 0. The molecule has 3 aromatic rings. The minimum atomic E-state index is -0.595. The predicted octanol–water partition coefficient (Wildman–Crippen LogP) is 3.31. The van der Waals surface area contributed by atoms with Crippen LogP contribution in [0.1, 0.15) is 22.4 Å². The number of halogens is 2. The van der Waals surface area contributed by atoms with Crippen molar-refractivity contribution >= 4 is 30.7 Å². The number of nitrogens with one attached hydrogen (secondary N) is 1. The summed E-state index contributed by atoms with van der Waals surface area (Å²) in [5, 5.41) is 2.93. The maximum Gasteiger partial charge on any atom is 0.237 e. The van der Waals surface area contributed by atoms with Crippen molar-refractivity contribution in [1.29, 1.82) is 0 Å². The van der Waals surface area contributed by atoms with Gasteiger partial charge >= 0.3 is 0 Å². The van der Waals surface area contributed by atoms with Crippen molar-refractivity contribution in [3.05, 3.63) is 89.5 Å². The van der Waals surface area contributed by atoms with Crippen LogP contribution < -0.4 is 11.1 Å². The zero-order chi connectivity index (χ0) is 19.1. The molecule has 0 saturated heterocycles.